The molecule has 2 fully saturated rings. The van der Waals surface area contributed by atoms with Crippen molar-refractivity contribution in [3.05, 3.63) is 148 Å². The summed E-state index contributed by atoms with van der Waals surface area (Å²) in [6.45, 7) is 9.30. The predicted molar refractivity (Wildman–Crippen MR) is 358 cm³/mol. The van der Waals surface area contributed by atoms with Crippen LogP contribution in [0.15, 0.2) is 115 Å². The number of hydrazine groups is 1. The van der Waals surface area contributed by atoms with Crippen molar-refractivity contribution in [2.45, 2.75) is 159 Å². The number of carbonyl (C=O) groups excluding carboxylic acids is 7. The number of hydrogen-bond acceptors (Lipinski definition) is 16. The Bertz CT molecular complexity index is 3750. The fourth-order valence-electron chi connectivity index (χ4n) is 13.1. The highest BCUT2D eigenvalue weighted by atomic mass is 35.5. The Morgan fingerprint density at radius 2 is 1.59 bits per heavy atom. The quantitative estimate of drug-likeness (QED) is 0.0147. The Hall–Kier alpha value is -8.45. The molecule has 5 aromatic rings. The lowest BCUT2D eigenvalue weighted by Gasteiger charge is -2.42. The second kappa shape index (κ2) is 31.2. The summed E-state index contributed by atoms with van der Waals surface area (Å²) in [5.41, 5.74) is 5.87. The van der Waals surface area contributed by atoms with Crippen LogP contribution in [0.5, 0.6) is 0 Å². The van der Waals surface area contributed by atoms with Crippen LogP contribution < -0.4 is 15.5 Å². The number of amides is 5. The van der Waals surface area contributed by atoms with Gasteiger partial charge in [0.05, 0.1) is 48.8 Å². The number of fused-ring (bicyclic) bond motifs is 9. The first-order chi connectivity index (χ1) is 45.7. The zero-order valence-electron chi connectivity index (χ0n) is 56.1. The number of epoxide rings is 1. The Labute approximate surface area is 564 Å². The molecule has 4 heterocycles. The first kappa shape index (κ1) is 71.8. The van der Waals surface area contributed by atoms with E-state index < -0.39 is 95.6 Å². The number of rotatable bonds is 24. The molecule has 4 aromatic carbocycles. The summed E-state index contributed by atoms with van der Waals surface area (Å²) in [5, 5.41) is 31.2. The summed E-state index contributed by atoms with van der Waals surface area (Å²) in [6, 6.07) is 27.4. The molecular weight excluding hydrogens is 1250 g/mol. The Morgan fingerprint density at radius 3 is 2.29 bits per heavy atom. The van der Waals surface area contributed by atoms with Crippen molar-refractivity contribution in [2.75, 3.05) is 60.0 Å². The second-order valence-electron chi connectivity index (χ2n) is 25.7. The van der Waals surface area contributed by atoms with E-state index in [4.69, 9.17) is 40.0 Å². The molecule has 5 amide bonds. The average Bonchev–Trinajstić information content (AvgIpc) is 1.57. The lowest BCUT2D eigenvalue weighted by Crippen LogP contribution is -2.63. The number of nitrogens with zero attached hydrogens (tertiary/aromatic N) is 5. The number of anilines is 1. The lowest BCUT2D eigenvalue weighted by molar-refractivity contribution is -0.162. The zero-order valence-corrected chi connectivity index (χ0v) is 56.9. The summed E-state index contributed by atoms with van der Waals surface area (Å²) < 4.78 is 37.6. The number of ether oxygens (including phenoxy) is 6. The van der Waals surface area contributed by atoms with E-state index in [0.717, 1.165) is 55.6 Å². The maximum absolute atomic E-state index is 14.4. The number of carbonyl (C=O) groups is 8. The van der Waals surface area contributed by atoms with Crippen LogP contribution in [0.1, 0.15) is 113 Å². The summed E-state index contributed by atoms with van der Waals surface area (Å²) in [4.78, 5) is 111. The number of aromatic nitrogens is 1. The van der Waals surface area contributed by atoms with Gasteiger partial charge in [0.2, 0.25) is 17.7 Å². The summed E-state index contributed by atoms with van der Waals surface area (Å²) in [5.74, 6) is -4.47. The Balaban J connectivity index is 0.765. The third-order valence-corrected chi connectivity index (χ3v) is 19.5. The van der Waals surface area contributed by atoms with Gasteiger partial charge in [0, 0.05) is 97.2 Å². The van der Waals surface area contributed by atoms with E-state index in [-0.39, 0.29) is 96.0 Å². The molecule has 4 bridgehead atoms. The minimum absolute atomic E-state index is 0.0439. The van der Waals surface area contributed by atoms with Gasteiger partial charge in [0.15, 0.2) is 11.5 Å². The Kier molecular flexibility index (Phi) is 23.3. The molecule has 514 valence electrons. The fraction of sp³-hybridized carbons (Fsp3) is 0.472. The van der Waals surface area contributed by atoms with Gasteiger partial charge in [0.1, 0.15) is 36.6 Å². The van der Waals surface area contributed by atoms with Gasteiger partial charge >= 0.3 is 24.1 Å². The van der Waals surface area contributed by atoms with Gasteiger partial charge in [0.25, 0.3) is 0 Å². The van der Waals surface area contributed by atoms with Crippen LogP contribution in [-0.2, 0) is 76.7 Å². The number of allylic oxidation sites excluding steroid dienone is 3. The van der Waals surface area contributed by atoms with Gasteiger partial charge in [-0.15, -0.1) is 0 Å². The van der Waals surface area contributed by atoms with E-state index in [2.05, 4.69) is 34.9 Å². The smallest absolute Gasteiger partial charge is 0.424 e. The average molecular weight is 1340 g/mol. The zero-order chi connectivity index (χ0) is 69.3. The number of benzene rings is 4. The number of Topliss-reactive ketones (excluding diaryl/α,β-unsaturated/α-hetero) is 1. The highest BCUT2D eigenvalue weighted by Gasteiger charge is 2.64. The van der Waals surface area contributed by atoms with Crippen molar-refractivity contribution in [3.63, 3.8) is 0 Å². The minimum Gasteiger partial charge on any atom is -0.481 e. The number of aliphatic hydroxyl groups is 1. The van der Waals surface area contributed by atoms with Gasteiger partial charge in [-0.3, -0.25) is 29.3 Å². The molecule has 9 atom stereocenters. The molecule has 24 heteroatoms. The van der Waals surface area contributed by atoms with Gasteiger partial charge < -0.3 is 58.3 Å². The normalized spacial score (nSPS) is 23.2. The molecule has 1 aromatic heterocycles. The number of methoxy groups -OCH3 is 1. The fourth-order valence-corrected chi connectivity index (χ4v) is 13.3. The maximum Gasteiger partial charge on any atom is 0.424 e. The number of hydrogen-bond donors (Lipinski definition) is 4. The number of halogens is 1. The molecule has 1 unspecified atom stereocenters. The van der Waals surface area contributed by atoms with Crippen LogP contribution in [0.4, 0.5) is 15.3 Å². The van der Waals surface area contributed by atoms with E-state index in [1.54, 1.807) is 52.2 Å². The van der Waals surface area contributed by atoms with Crippen LogP contribution in [0.25, 0.3) is 22.0 Å². The number of carboxylic acids is 1. The van der Waals surface area contributed by atoms with E-state index >= 15 is 0 Å². The summed E-state index contributed by atoms with van der Waals surface area (Å²) in [6.07, 6.45) is -0.634. The number of alkyl carbamates (subject to hydrolysis) is 1. The number of esters is 1. The van der Waals surface area contributed by atoms with Crippen molar-refractivity contribution in [1.82, 2.24) is 30.1 Å². The molecule has 23 nitrogen and oxygen atoms in total. The summed E-state index contributed by atoms with van der Waals surface area (Å²) in [7, 11) is 7.83. The number of para-hydroxylation sites is 1. The van der Waals surface area contributed by atoms with Crippen molar-refractivity contribution < 1.29 is 77.0 Å². The van der Waals surface area contributed by atoms with Gasteiger partial charge in [-0.2, -0.15) is 0 Å². The first-order valence-electron chi connectivity index (χ1n) is 32.5. The highest BCUT2D eigenvalue weighted by Crippen LogP contribution is 2.50. The SMILES string of the molecule is CO[C@@H]1/C=C/C=C(\C)Cc2cc(C)c(Cl)c(c2)N(C)C(=O)C[C@H](OC(=O)[C@H](C)N(C)C(=O)CCOCCCC(=O)[C@H](CCC(=O)O)NC(=O)CCn2c(CN(C)N(C)C(=O)OCC3c4ccccc4-c4ccccc43)cc3ccccc32)[C@]2(C)OC2[C@H](C)[C@@H]2C[C@]1(O)NC(=O)O2. The number of nitrogens with one attached hydrogen (secondary N) is 2. The molecule has 96 heavy (non-hydrogen) atoms. The monoisotopic (exact) mass is 1340 g/mol. The third kappa shape index (κ3) is 16.7. The lowest BCUT2D eigenvalue weighted by atomic mass is 9.83. The molecule has 4 aliphatic rings. The topological polar surface area (TPSA) is 278 Å². The van der Waals surface area contributed by atoms with Crippen LogP contribution in [0.2, 0.25) is 5.02 Å². The predicted octanol–water partition coefficient (Wildman–Crippen LogP) is 9.19. The van der Waals surface area contributed by atoms with Crippen molar-refractivity contribution >= 4 is 75.8 Å². The van der Waals surface area contributed by atoms with Gasteiger partial charge in [-0.25, -0.2) is 24.4 Å². The standard InChI is InChI=1S/C72H88ClN7O16/c1-43-19-17-27-60(91-10)72(90)40-59(94-69(88)75-72)45(3)67-71(5,96-67)61(39-64(84)78(8)57-37-47(35-43)36-44(2)66(57)73)95-68(87)46(4)77(7)63(83)31-34-92-33-18-26-58(81)55(28-29-65(85)86)74-62(82)30-32-80-49(38-48-20-11-16-25-56(48)80)41-76(6)79(9)70(89)93-42-54-52-23-14-12-21-50(52)51-22-13-15-24-53(51)54/h11-17,19-25,27,36-38,45-46,54-55,59-61,67,90H,18,26,28-35,39-42H2,1-10H3,(H,74,82)(H,75,88)(H,85,86)/b27-17+,43-19+/t45-,46+,55+,59+,60-,61+,67?,71+,72-/m1/s1. The molecule has 9 rings (SSSR count). The first-order valence-corrected chi connectivity index (χ1v) is 32.9. The van der Waals surface area contributed by atoms with E-state index in [9.17, 15) is 48.6 Å². The molecule has 3 aliphatic heterocycles. The molecule has 0 radical (unpaired) electrons. The highest BCUT2D eigenvalue weighted by molar-refractivity contribution is 6.34. The molecule has 0 spiro atoms. The molecule has 0 saturated carbocycles. The number of carboxylic acid groups (broad SMARTS) is 1. The van der Waals surface area contributed by atoms with Crippen molar-refractivity contribution in [3.8, 4) is 11.1 Å². The van der Waals surface area contributed by atoms with Crippen LogP contribution in [-0.4, -0.2) is 180 Å². The minimum atomic E-state index is -1.89. The number of likely N-dealkylation sites (N-methyl/N-ethyl adjacent to an activating group) is 1. The van der Waals surface area contributed by atoms with Gasteiger partial charge in [-0.05, 0) is 104 Å². The summed E-state index contributed by atoms with van der Waals surface area (Å²) >= 11 is 6.86. The number of aryl methyl sites for hydroxylation is 2. The maximum atomic E-state index is 14.4. The van der Waals surface area contributed by atoms with E-state index in [1.165, 1.54) is 35.9 Å². The number of ketones is 1. The third-order valence-electron chi connectivity index (χ3n) is 19.0. The Morgan fingerprint density at radius 1 is 0.906 bits per heavy atom. The second-order valence-corrected chi connectivity index (χ2v) is 26.1. The largest absolute Gasteiger partial charge is 0.481 e. The molecule has 1 aliphatic carbocycles. The van der Waals surface area contributed by atoms with Crippen LogP contribution in [0.3, 0.4) is 0 Å². The van der Waals surface area contributed by atoms with Crippen molar-refractivity contribution in [1.29, 1.82) is 0 Å². The molecule has 2 saturated heterocycles. The molecular formula is C72H88ClN7O16. The van der Waals surface area contributed by atoms with Gasteiger partial charge in [-0.1, -0.05) is 115 Å². The molecule has 4 N–H and O–H groups in total. The van der Waals surface area contributed by atoms with Crippen LogP contribution in [0, 0.1) is 12.8 Å². The van der Waals surface area contributed by atoms with Crippen LogP contribution >= 0.6 is 11.6 Å². The van der Waals surface area contributed by atoms with Crippen molar-refractivity contribution in [2.24, 2.45) is 5.92 Å². The van der Waals surface area contributed by atoms with E-state index in [0.29, 0.717) is 17.1 Å². The van der Waals surface area contributed by atoms with E-state index in [1.807, 2.05) is 91.2 Å². The number of aliphatic carboxylic acids is 1.